The summed E-state index contributed by atoms with van der Waals surface area (Å²) in [6, 6.07) is 24.5. The van der Waals surface area contributed by atoms with Crippen LogP contribution in [0.5, 0.6) is 11.5 Å². The second-order valence-corrected chi connectivity index (χ2v) is 10.2. The quantitative estimate of drug-likeness (QED) is 0.252. The van der Waals surface area contributed by atoms with Gasteiger partial charge in [0.2, 0.25) is 5.91 Å². The Morgan fingerprint density at radius 3 is 2.13 bits per heavy atom. The van der Waals surface area contributed by atoms with E-state index < -0.39 is 39.9 Å². The van der Waals surface area contributed by atoms with Gasteiger partial charge in [0.25, 0.3) is 10.0 Å². The van der Waals surface area contributed by atoms with Gasteiger partial charge >= 0.3 is 6.18 Å². The molecule has 38 heavy (non-hydrogen) atoms. The molecule has 4 aromatic carbocycles. The molecule has 1 amide bonds. The summed E-state index contributed by atoms with van der Waals surface area (Å²) in [5.74, 6) is -0.0538. The van der Waals surface area contributed by atoms with E-state index in [1.165, 1.54) is 24.3 Å². The molecule has 0 aliphatic heterocycles. The van der Waals surface area contributed by atoms with E-state index in [9.17, 15) is 26.4 Å². The number of nitrogens with zero attached hydrogens (tertiary/aromatic N) is 1. The zero-order chi connectivity index (χ0) is 27.3. The number of benzene rings is 4. The molecule has 11 heteroatoms. The molecule has 0 atom stereocenters. The van der Waals surface area contributed by atoms with Crippen LogP contribution in [0.2, 0.25) is 5.02 Å². The van der Waals surface area contributed by atoms with Crippen molar-refractivity contribution in [2.75, 3.05) is 16.2 Å². The zero-order valence-electron chi connectivity index (χ0n) is 19.5. The van der Waals surface area contributed by atoms with Crippen molar-refractivity contribution in [1.82, 2.24) is 0 Å². The summed E-state index contributed by atoms with van der Waals surface area (Å²) in [5, 5.41) is 2.30. The van der Waals surface area contributed by atoms with Crippen molar-refractivity contribution in [3.05, 3.63) is 114 Å². The van der Waals surface area contributed by atoms with Crippen molar-refractivity contribution < 1.29 is 31.1 Å². The molecule has 0 aliphatic rings. The number of alkyl halides is 3. The largest absolute Gasteiger partial charge is 0.455 e. The summed E-state index contributed by atoms with van der Waals surface area (Å²) in [4.78, 5) is 12.9. The van der Waals surface area contributed by atoms with Crippen LogP contribution in [0, 0.1) is 0 Å². The maximum atomic E-state index is 13.5. The summed E-state index contributed by atoms with van der Waals surface area (Å²) in [7, 11) is -4.50. The molecular formula is C27H20ClF3N2O4S. The first-order valence-corrected chi connectivity index (χ1v) is 12.9. The predicted octanol–water partition coefficient (Wildman–Crippen LogP) is 6.99. The lowest BCUT2D eigenvalue weighted by molar-refractivity contribution is -0.137. The lowest BCUT2D eigenvalue weighted by atomic mass is 10.2. The first kappa shape index (κ1) is 27.0. The monoisotopic (exact) mass is 560 g/mol. The van der Waals surface area contributed by atoms with Gasteiger partial charge in [-0.1, -0.05) is 60.1 Å². The molecule has 0 fully saturated rings. The van der Waals surface area contributed by atoms with Gasteiger partial charge in [-0.05, 0) is 54.6 Å². The van der Waals surface area contributed by atoms with Crippen LogP contribution in [0.3, 0.4) is 0 Å². The highest BCUT2D eigenvalue weighted by molar-refractivity contribution is 7.92. The molecule has 0 bridgehead atoms. The average Bonchev–Trinajstić information content (AvgIpc) is 2.89. The minimum Gasteiger partial charge on any atom is -0.455 e. The van der Waals surface area contributed by atoms with Crippen molar-refractivity contribution in [2.24, 2.45) is 0 Å². The van der Waals surface area contributed by atoms with E-state index in [1.807, 2.05) is 0 Å². The Kier molecular flexibility index (Phi) is 7.94. The van der Waals surface area contributed by atoms with E-state index in [2.05, 4.69) is 5.32 Å². The number of carbonyl (C=O) groups is 1. The van der Waals surface area contributed by atoms with Crippen LogP contribution >= 0.6 is 11.6 Å². The van der Waals surface area contributed by atoms with Crippen LogP contribution in [-0.2, 0) is 21.0 Å². The normalized spacial score (nSPS) is 11.6. The van der Waals surface area contributed by atoms with Gasteiger partial charge < -0.3 is 10.1 Å². The van der Waals surface area contributed by atoms with Crippen molar-refractivity contribution in [1.29, 1.82) is 0 Å². The average molecular weight is 561 g/mol. The molecule has 0 heterocycles. The molecule has 6 nitrogen and oxygen atoms in total. The second kappa shape index (κ2) is 11.2. The Morgan fingerprint density at radius 1 is 0.868 bits per heavy atom. The van der Waals surface area contributed by atoms with Crippen LogP contribution in [0.15, 0.2) is 108 Å². The smallest absolute Gasteiger partial charge is 0.416 e. The molecule has 0 aliphatic carbocycles. The zero-order valence-corrected chi connectivity index (χ0v) is 21.1. The Labute approximate surface area is 222 Å². The third-order valence-corrected chi connectivity index (χ3v) is 7.39. The molecular weight excluding hydrogens is 541 g/mol. The van der Waals surface area contributed by atoms with Gasteiger partial charge in [-0.3, -0.25) is 9.10 Å². The predicted molar refractivity (Wildman–Crippen MR) is 139 cm³/mol. The summed E-state index contributed by atoms with van der Waals surface area (Å²) >= 11 is 6.17. The number of sulfonamides is 1. The maximum Gasteiger partial charge on any atom is 0.416 e. The fraction of sp³-hybridized carbons (Fsp3) is 0.0741. The first-order valence-electron chi connectivity index (χ1n) is 11.1. The van der Waals surface area contributed by atoms with E-state index in [4.69, 9.17) is 16.3 Å². The van der Waals surface area contributed by atoms with E-state index in [-0.39, 0.29) is 21.4 Å². The van der Waals surface area contributed by atoms with Crippen LogP contribution in [0.4, 0.5) is 24.5 Å². The van der Waals surface area contributed by atoms with Crippen molar-refractivity contribution in [3.63, 3.8) is 0 Å². The Morgan fingerprint density at radius 2 is 1.47 bits per heavy atom. The van der Waals surface area contributed by atoms with Crippen LogP contribution in [0.1, 0.15) is 5.56 Å². The maximum absolute atomic E-state index is 13.5. The highest BCUT2D eigenvalue weighted by atomic mass is 35.5. The van der Waals surface area contributed by atoms with Gasteiger partial charge in [0.15, 0.2) is 5.75 Å². The molecule has 0 spiro atoms. The van der Waals surface area contributed by atoms with Crippen LogP contribution < -0.4 is 14.4 Å². The molecule has 0 saturated heterocycles. The van der Waals surface area contributed by atoms with Gasteiger partial charge in [-0.2, -0.15) is 13.2 Å². The lowest BCUT2D eigenvalue weighted by Crippen LogP contribution is -2.38. The number of halogens is 4. The summed E-state index contributed by atoms with van der Waals surface area (Å²) in [5.41, 5.74) is -1.38. The SMILES string of the molecule is O=C(CN(c1cc(C(F)(F)F)ccc1Cl)S(=O)(=O)c1ccccc1)Nc1ccccc1Oc1ccccc1. The third kappa shape index (κ3) is 6.27. The Balaban J connectivity index is 1.69. The number of carbonyl (C=O) groups excluding carboxylic acids is 1. The molecule has 196 valence electrons. The summed E-state index contributed by atoms with van der Waals surface area (Å²) in [6.07, 6.45) is -4.77. The van der Waals surface area contributed by atoms with Gasteiger partial charge in [-0.25, -0.2) is 8.42 Å². The molecule has 0 radical (unpaired) electrons. The van der Waals surface area contributed by atoms with Gasteiger partial charge in [0, 0.05) is 0 Å². The third-order valence-electron chi connectivity index (χ3n) is 5.29. The lowest BCUT2D eigenvalue weighted by Gasteiger charge is -2.26. The van der Waals surface area contributed by atoms with E-state index in [0.717, 1.165) is 12.1 Å². The number of amides is 1. The van der Waals surface area contributed by atoms with Crippen LogP contribution in [0.25, 0.3) is 0 Å². The highest BCUT2D eigenvalue weighted by Crippen LogP contribution is 2.37. The molecule has 0 unspecified atom stereocenters. The van der Waals surface area contributed by atoms with Crippen LogP contribution in [-0.4, -0.2) is 20.9 Å². The van der Waals surface area contributed by atoms with E-state index >= 15 is 0 Å². The minimum atomic E-state index is -4.77. The number of hydrogen-bond acceptors (Lipinski definition) is 4. The number of rotatable bonds is 8. The molecule has 4 aromatic rings. The molecule has 0 saturated carbocycles. The number of anilines is 2. The Hall–Kier alpha value is -4.02. The van der Waals surface area contributed by atoms with Gasteiger partial charge in [-0.15, -0.1) is 0 Å². The highest BCUT2D eigenvalue weighted by Gasteiger charge is 2.34. The van der Waals surface area contributed by atoms with Crippen molar-refractivity contribution in [2.45, 2.75) is 11.1 Å². The summed E-state index contributed by atoms with van der Waals surface area (Å²) in [6.45, 7) is -0.863. The van der Waals surface area contributed by atoms with Gasteiger partial charge in [0.1, 0.15) is 12.3 Å². The standard InChI is InChI=1S/C27H20ClF3N2O4S/c28-22-16-15-19(27(29,30)31)17-24(22)33(38(35,36)21-11-5-2-6-12-21)18-26(34)32-23-13-7-8-14-25(23)37-20-9-3-1-4-10-20/h1-17H,18H2,(H,32,34). The Bertz CT molecular complexity index is 1530. The second-order valence-electron chi connectivity index (χ2n) is 7.95. The van der Waals surface area contributed by atoms with E-state index in [1.54, 1.807) is 60.7 Å². The topological polar surface area (TPSA) is 75.7 Å². The molecule has 4 rings (SSSR count). The number of hydrogen-bond donors (Lipinski definition) is 1. The number of nitrogens with one attached hydrogen (secondary N) is 1. The molecule has 1 N–H and O–H groups in total. The first-order chi connectivity index (χ1) is 18.1. The number of ether oxygens (including phenoxy) is 1. The van der Waals surface area contributed by atoms with Gasteiger partial charge in [0.05, 0.1) is 26.9 Å². The van der Waals surface area contributed by atoms with Crippen molar-refractivity contribution >= 4 is 38.9 Å². The minimum absolute atomic E-state index is 0.228. The fourth-order valence-electron chi connectivity index (χ4n) is 3.49. The van der Waals surface area contributed by atoms with E-state index in [0.29, 0.717) is 16.1 Å². The number of para-hydroxylation sites is 3. The molecule has 0 aromatic heterocycles. The fourth-order valence-corrected chi connectivity index (χ4v) is 5.22. The van der Waals surface area contributed by atoms with Crippen molar-refractivity contribution in [3.8, 4) is 11.5 Å². The summed E-state index contributed by atoms with van der Waals surface area (Å²) < 4.78 is 73.8.